The van der Waals surface area contributed by atoms with E-state index in [0.717, 1.165) is 54.4 Å². The van der Waals surface area contributed by atoms with E-state index in [-0.39, 0.29) is 6.33 Å². The molecule has 36 heavy (non-hydrogen) atoms. The van der Waals surface area contributed by atoms with Crippen molar-refractivity contribution in [2.75, 3.05) is 48.8 Å². The molecule has 0 unspecified atom stereocenters. The number of rotatable bonds is 6. The third-order valence-electron chi connectivity index (χ3n) is 6.12. The van der Waals surface area contributed by atoms with Crippen LogP contribution in [0.15, 0.2) is 79.4 Å². The van der Waals surface area contributed by atoms with Crippen molar-refractivity contribution in [2.45, 2.75) is 0 Å². The number of carbonyl (C=O) groups excluding carboxylic acids is 1. The number of anilines is 4. The van der Waals surface area contributed by atoms with Crippen LogP contribution in [-0.2, 0) is 4.79 Å². The van der Waals surface area contributed by atoms with Crippen molar-refractivity contribution in [3.05, 3.63) is 79.4 Å². The highest BCUT2D eigenvalue weighted by Crippen LogP contribution is 2.28. The van der Waals surface area contributed by atoms with E-state index in [0.29, 0.717) is 17.3 Å². The molecular weight excluding hydrogens is 457 g/mol. The van der Waals surface area contributed by atoms with Crippen LogP contribution >= 0.6 is 0 Å². The predicted octanol–water partition coefficient (Wildman–Crippen LogP) is 4.61. The van der Waals surface area contributed by atoms with E-state index in [1.165, 1.54) is 5.69 Å². The van der Waals surface area contributed by atoms with E-state index in [1.807, 2.05) is 30.3 Å². The third-order valence-corrected chi connectivity index (χ3v) is 6.12. The number of likely N-dealkylation sites (N-methyl/N-ethyl adjacent to an activating group) is 1. The molecule has 1 aliphatic heterocycles. The number of halogens is 1. The van der Waals surface area contributed by atoms with E-state index in [4.69, 9.17) is 4.98 Å². The second kappa shape index (κ2) is 10.5. The average Bonchev–Trinajstić information content (AvgIpc) is 2.89. The summed E-state index contributed by atoms with van der Waals surface area (Å²) in [6.07, 6.45) is 4.38. The fourth-order valence-corrected chi connectivity index (χ4v) is 4.17. The van der Waals surface area contributed by atoms with Crippen molar-refractivity contribution in [2.24, 2.45) is 0 Å². The van der Waals surface area contributed by atoms with Crippen molar-refractivity contribution in [1.82, 2.24) is 19.9 Å². The molecule has 1 amide bonds. The van der Waals surface area contributed by atoms with Gasteiger partial charge in [0.25, 0.3) is 5.91 Å². The first-order chi connectivity index (χ1) is 17.6. The van der Waals surface area contributed by atoms with Crippen LogP contribution in [0.4, 0.5) is 27.4 Å². The molecule has 2 aromatic carbocycles. The van der Waals surface area contributed by atoms with E-state index >= 15 is 0 Å². The summed E-state index contributed by atoms with van der Waals surface area (Å²) in [7, 11) is 2.15. The van der Waals surface area contributed by atoms with Gasteiger partial charge < -0.3 is 20.4 Å². The molecule has 182 valence electrons. The van der Waals surface area contributed by atoms with E-state index < -0.39 is 5.91 Å². The van der Waals surface area contributed by atoms with Gasteiger partial charge in [-0.05, 0) is 43.4 Å². The number of nitrogens with zero attached hydrogens (tertiary/aromatic N) is 5. The first-order valence-corrected chi connectivity index (χ1v) is 11.7. The quantitative estimate of drug-likeness (QED) is 0.388. The van der Waals surface area contributed by atoms with Gasteiger partial charge in [0.1, 0.15) is 0 Å². The Morgan fingerprint density at radius 3 is 2.58 bits per heavy atom. The fraction of sp³-hybridized carbons (Fsp3) is 0.185. The van der Waals surface area contributed by atoms with Gasteiger partial charge in [-0.2, -0.15) is 0 Å². The number of nitrogens with one attached hydrogen (secondary N) is 2. The molecule has 0 atom stereocenters. The second-order valence-corrected chi connectivity index (χ2v) is 8.61. The maximum Gasteiger partial charge on any atom is 0.250 e. The largest absolute Gasteiger partial charge is 0.369 e. The number of benzene rings is 2. The van der Waals surface area contributed by atoms with Crippen LogP contribution in [0.5, 0.6) is 0 Å². The Morgan fingerprint density at radius 2 is 1.81 bits per heavy atom. The second-order valence-electron chi connectivity index (χ2n) is 8.61. The van der Waals surface area contributed by atoms with Gasteiger partial charge in [-0.1, -0.05) is 18.2 Å². The molecule has 0 aliphatic carbocycles. The Bertz CT molecular complexity index is 1400. The van der Waals surface area contributed by atoms with E-state index in [1.54, 1.807) is 24.5 Å². The molecule has 0 spiro atoms. The molecule has 1 aliphatic rings. The normalized spacial score (nSPS) is 14.3. The molecule has 2 aromatic heterocycles. The highest BCUT2D eigenvalue weighted by molar-refractivity contribution is 6.00. The molecule has 8 nitrogen and oxygen atoms in total. The van der Waals surface area contributed by atoms with Crippen LogP contribution < -0.4 is 15.5 Å². The number of hydrogen-bond donors (Lipinski definition) is 2. The van der Waals surface area contributed by atoms with Gasteiger partial charge in [-0.15, -0.1) is 0 Å². The minimum absolute atomic E-state index is 0.202. The number of pyridine rings is 1. The minimum atomic E-state index is -0.556. The van der Waals surface area contributed by atoms with Gasteiger partial charge in [0.15, 0.2) is 0 Å². The zero-order chi connectivity index (χ0) is 24.9. The summed E-state index contributed by atoms with van der Waals surface area (Å²) in [5.74, 6) is -0.0835. The molecule has 0 saturated carbocycles. The summed E-state index contributed by atoms with van der Waals surface area (Å²) in [5, 5.41) is 6.77. The Hall–Kier alpha value is -4.37. The summed E-state index contributed by atoms with van der Waals surface area (Å²) in [4.78, 5) is 30.1. The van der Waals surface area contributed by atoms with Crippen LogP contribution in [0, 0.1) is 0 Å². The molecule has 4 aromatic rings. The Labute approximate surface area is 208 Å². The molecule has 0 bridgehead atoms. The lowest BCUT2D eigenvalue weighted by Gasteiger charge is -2.34. The number of piperazine rings is 1. The van der Waals surface area contributed by atoms with Crippen LogP contribution in [0.25, 0.3) is 22.2 Å². The average molecular weight is 484 g/mol. The summed E-state index contributed by atoms with van der Waals surface area (Å²) in [6, 6.07) is 17.4. The van der Waals surface area contributed by atoms with Crippen LogP contribution in [0.3, 0.4) is 0 Å². The van der Waals surface area contributed by atoms with Crippen molar-refractivity contribution >= 4 is 39.8 Å². The van der Waals surface area contributed by atoms with Crippen LogP contribution in [0.1, 0.15) is 0 Å². The summed E-state index contributed by atoms with van der Waals surface area (Å²) in [6.45, 7) is 4.16. The zero-order valence-corrected chi connectivity index (χ0v) is 19.9. The molecular formula is C27H26FN7O. The number of fused-ring (bicyclic) bond motifs is 1. The van der Waals surface area contributed by atoms with Gasteiger partial charge in [0.05, 0.1) is 17.5 Å². The standard InChI is InChI=1S/C27H26FN7O/c1-34-13-15-35(16-14-34)22-7-5-20(6-8-22)32-27-30-18-19-3-2-4-23(26(19)33-27)24-17-21(10-12-29-24)31-25(36)9-11-28/h2-12,17-18H,13-16H2,1H3,(H,29,31,36)(H,30,32,33)/b11-9+. The molecule has 1 fully saturated rings. The smallest absolute Gasteiger partial charge is 0.250 e. The number of para-hydroxylation sites is 1. The first kappa shape index (κ1) is 23.4. The van der Waals surface area contributed by atoms with Crippen molar-refractivity contribution in [3.63, 3.8) is 0 Å². The van der Waals surface area contributed by atoms with Crippen molar-refractivity contribution in [1.29, 1.82) is 0 Å². The number of carbonyl (C=O) groups is 1. The third kappa shape index (κ3) is 5.31. The van der Waals surface area contributed by atoms with Gasteiger partial charge in [-0.25, -0.2) is 14.4 Å². The van der Waals surface area contributed by atoms with Crippen LogP contribution in [0.2, 0.25) is 0 Å². The maximum absolute atomic E-state index is 12.3. The summed E-state index contributed by atoms with van der Waals surface area (Å²) >= 11 is 0. The Balaban J connectivity index is 1.38. The number of aromatic nitrogens is 3. The molecule has 2 N–H and O–H groups in total. The molecule has 0 radical (unpaired) electrons. The SMILES string of the molecule is CN1CCN(c2ccc(Nc3ncc4cccc(-c5cc(NC(=O)/C=C/F)ccn5)c4n3)cc2)CC1. The summed E-state index contributed by atoms with van der Waals surface area (Å²) < 4.78 is 12.3. The van der Waals surface area contributed by atoms with Crippen molar-refractivity contribution < 1.29 is 9.18 Å². The first-order valence-electron chi connectivity index (χ1n) is 11.7. The maximum atomic E-state index is 12.3. The topological polar surface area (TPSA) is 86.3 Å². The molecule has 1 saturated heterocycles. The lowest BCUT2D eigenvalue weighted by Crippen LogP contribution is -2.44. The lowest BCUT2D eigenvalue weighted by atomic mass is 10.1. The number of hydrogen-bond acceptors (Lipinski definition) is 7. The number of amides is 1. The van der Waals surface area contributed by atoms with Crippen LogP contribution in [-0.4, -0.2) is 59.0 Å². The highest BCUT2D eigenvalue weighted by atomic mass is 19.1. The summed E-state index contributed by atoms with van der Waals surface area (Å²) in [5.41, 5.74) is 4.75. The predicted molar refractivity (Wildman–Crippen MR) is 141 cm³/mol. The fourth-order valence-electron chi connectivity index (χ4n) is 4.17. The van der Waals surface area contributed by atoms with Crippen molar-refractivity contribution in [3.8, 4) is 11.3 Å². The lowest BCUT2D eigenvalue weighted by molar-refractivity contribution is -0.111. The minimum Gasteiger partial charge on any atom is -0.369 e. The van der Waals surface area contributed by atoms with E-state index in [2.05, 4.69) is 49.6 Å². The van der Waals surface area contributed by atoms with E-state index in [9.17, 15) is 9.18 Å². The van der Waals surface area contributed by atoms with Gasteiger partial charge >= 0.3 is 0 Å². The monoisotopic (exact) mass is 483 g/mol. The Kier molecular flexibility index (Phi) is 6.81. The van der Waals surface area contributed by atoms with Gasteiger partial charge in [-0.3, -0.25) is 9.78 Å². The molecule has 3 heterocycles. The molecule has 5 rings (SSSR count). The van der Waals surface area contributed by atoms with Gasteiger partial charge in [0, 0.05) is 72.7 Å². The Morgan fingerprint density at radius 1 is 1.00 bits per heavy atom. The highest BCUT2D eigenvalue weighted by Gasteiger charge is 2.14. The molecule has 9 heteroatoms. The zero-order valence-electron chi connectivity index (χ0n) is 19.9. The van der Waals surface area contributed by atoms with Gasteiger partial charge in [0.2, 0.25) is 5.95 Å².